The molecular formula is C11H10F3NO. The molecule has 0 saturated heterocycles. The minimum absolute atomic E-state index is 0.337. The van der Waals surface area contributed by atoms with Crippen LogP contribution in [0.4, 0.5) is 13.2 Å². The molecule has 0 amide bonds. The number of alkyl halides is 3. The number of nitrogens with zero attached hydrogens (tertiary/aromatic N) is 1. The number of hydrogen-bond acceptors (Lipinski definition) is 1. The maximum Gasteiger partial charge on any atom is 0.406 e. The third-order valence-electron chi connectivity index (χ3n) is 2.47. The van der Waals surface area contributed by atoms with Crippen molar-refractivity contribution in [3.8, 4) is 5.88 Å². The van der Waals surface area contributed by atoms with Crippen LogP contribution in [-0.2, 0) is 6.54 Å². The monoisotopic (exact) mass is 229 g/mol. The molecule has 0 atom stereocenters. The average molecular weight is 229 g/mol. The van der Waals surface area contributed by atoms with Crippen LogP contribution < -0.4 is 0 Å². The van der Waals surface area contributed by atoms with Crippen molar-refractivity contribution in [3.05, 3.63) is 30.0 Å². The van der Waals surface area contributed by atoms with E-state index >= 15 is 0 Å². The molecule has 0 bridgehead atoms. The smallest absolute Gasteiger partial charge is 0.406 e. The molecule has 0 spiro atoms. The van der Waals surface area contributed by atoms with Crippen LogP contribution in [-0.4, -0.2) is 15.8 Å². The molecule has 1 aromatic carbocycles. The summed E-state index contributed by atoms with van der Waals surface area (Å²) in [6.07, 6.45) is -3.01. The fourth-order valence-electron chi connectivity index (χ4n) is 1.73. The highest BCUT2D eigenvalue weighted by Crippen LogP contribution is 2.31. The van der Waals surface area contributed by atoms with Gasteiger partial charge >= 0.3 is 6.18 Å². The number of fused-ring (bicyclic) bond motifs is 1. The molecule has 0 fully saturated rings. The van der Waals surface area contributed by atoms with E-state index in [0.717, 1.165) is 10.1 Å². The second-order valence-corrected chi connectivity index (χ2v) is 3.73. The minimum atomic E-state index is -4.33. The molecule has 0 unspecified atom stereocenters. The predicted molar refractivity (Wildman–Crippen MR) is 54.4 cm³/mol. The van der Waals surface area contributed by atoms with Crippen molar-refractivity contribution in [3.63, 3.8) is 0 Å². The lowest BCUT2D eigenvalue weighted by Gasteiger charge is -2.07. The van der Waals surface area contributed by atoms with E-state index in [0.29, 0.717) is 10.8 Å². The summed E-state index contributed by atoms with van der Waals surface area (Å²) >= 11 is 0. The van der Waals surface area contributed by atoms with E-state index in [2.05, 4.69) is 0 Å². The van der Waals surface area contributed by atoms with Gasteiger partial charge in [-0.1, -0.05) is 12.1 Å². The summed E-state index contributed by atoms with van der Waals surface area (Å²) < 4.78 is 37.5. The van der Waals surface area contributed by atoms with Crippen LogP contribution in [0.3, 0.4) is 0 Å². The summed E-state index contributed by atoms with van der Waals surface area (Å²) in [6.45, 7) is 0.618. The first-order valence-corrected chi connectivity index (χ1v) is 4.72. The number of rotatable bonds is 1. The number of halogens is 3. The largest absolute Gasteiger partial charge is 0.494 e. The van der Waals surface area contributed by atoms with Gasteiger partial charge in [0, 0.05) is 17.0 Å². The number of aromatic hydroxyl groups is 1. The summed E-state index contributed by atoms with van der Waals surface area (Å²) in [6, 6.07) is 5.10. The Balaban J connectivity index is 2.56. The zero-order valence-electron chi connectivity index (χ0n) is 8.54. The van der Waals surface area contributed by atoms with Crippen LogP contribution >= 0.6 is 0 Å². The zero-order chi connectivity index (χ0) is 11.9. The van der Waals surface area contributed by atoms with Crippen molar-refractivity contribution in [1.82, 2.24) is 4.57 Å². The molecule has 0 saturated carbocycles. The van der Waals surface area contributed by atoms with Crippen molar-refractivity contribution in [2.24, 2.45) is 0 Å². The van der Waals surface area contributed by atoms with Crippen molar-refractivity contribution < 1.29 is 18.3 Å². The number of aryl methyl sites for hydroxylation is 1. The molecule has 0 aliphatic carbocycles. The molecule has 1 aromatic heterocycles. The molecule has 2 nitrogen and oxygen atoms in total. The molecule has 5 heteroatoms. The lowest BCUT2D eigenvalue weighted by molar-refractivity contribution is -0.141. The molecule has 0 aliphatic heterocycles. The number of benzene rings is 1. The Hall–Kier alpha value is -1.65. The van der Waals surface area contributed by atoms with Crippen LogP contribution in [0, 0.1) is 6.92 Å². The van der Waals surface area contributed by atoms with Crippen LogP contribution in [0.15, 0.2) is 24.4 Å². The highest BCUT2D eigenvalue weighted by Gasteiger charge is 2.29. The third-order valence-corrected chi connectivity index (χ3v) is 2.47. The average Bonchev–Trinajstić information content (AvgIpc) is 2.44. The normalized spacial score (nSPS) is 12.2. The summed E-state index contributed by atoms with van der Waals surface area (Å²) in [7, 11) is 0. The third kappa shape index (κ3) is 1.85. The Morgan fingerprint density at radius 2 is 1.94 bits per heavy atom. The number of hydrogen-bond donors (Lipinski definition) is 1. The van der Waals surface area contributed by atoms with E-state index < -0.39 is 12.7 Å². The van der Waals surface area contributed by atoms with Crippen LogP contribution in [0.5, 0.6) is 5.88 Å². The Bertz CT molecular complexity index is 528. The van der Waals surface area contributed by atoms with Gasteiger partial charge in [-0.25, -0.2) is 0 Å². The van der Waals surface area contributed by atoms with E-state index in [1.54, 1.807) is 25.1 Å². The highest BCUT2D eigenvalue weighted by atomic mass is 19.4. The Labute approximate surface area is 89.9 Å². The van der Waals surface area contributed by atoms with Gasteiger partial charge in [0.15, 0.2) is 5.88 Å². The lowest BCUT2D eigenvalue weighted by Crippen LogP contribution is -2.16. The second-order valence-electron chi connectivity index (χ2n) is 3.73. The molecule has 0 aliphatic rings. The quantitative estimate of drug-likeness (QED) is 0.798. The standard InChI is InChI=1S/C11H10F3NO/c1-7-3-2-4-8-9(7)5-15(10(8)16)6-11(12,13)14/h2-5,16H,6H2,1H3. The minimum Gasteiger partial charge on any atom is -0.494 e. The molecule has 86 valence electrons. The predicted octanol–water partition coefficient (Wildman–Crippen LogP) is 3.22. The SMILES string of the molecule is Cc1cccc2c(O)n(CC(F)(F)F)cc12. The maximum absolute atomic E-state index is 12.2. The topological polar surface area (TPSA) is 25.2 Å². The fraction of sp³-hybridized carbons (Fsp3) is 0.273. The molecular weight excluding hydrogens is 219 g/mol. The molecule has 0 radical (unpaired) electrons. The first kappa shape index (κ1) is 10.9. The van der Waals surface area contributed by atoms with Crippen molar-refractivity contribution in [2.75, 3.05) is 0 Å². The molecule has 1 N–H and O–H groups in total. The Kier molecular flexibility index (Phi) is 2.33. The molecule has 2 rings (SSSR count). The Morgan fingerprint density at radius 3 is 2.50 bits per heavy atom. The van der Waals surface area contributed by atoms with Gasteiger partial charge in [-0.2, -0.15) is 13.2 Å². The number of aromatic nitrogens is 1. The molecule has 2 aromatic rings. The van der Waals surface area contributed by atoms with Gasteiger partial charge < -0.3 is 9.67 Å². The van der Waals surface area contributed by atoms with Gasteiger partial charge in [0.25, 0.3) is 0 Å². The van der Waals surface area contributed by atoms with E-state index in [1.165, 1.54) is 6.20 Å². The van der Waals surface area contributed by atoms with Gasteiger partial charge in [0.1, 0.15) is 6.54 Å². The zero-order valence-corrected chi connectivity index (χ0v) is 8.54. The van der Waals surface area contributed by atoms with Crippen LogP contribution in [0.1, 0.15) is 5.56 Å². The first-order valence-electron chi connectivity index (χ1n) is 4.72. The van der Waals surface area contributed by atoms with E-state index in [-0.39, 0.29) is 5.88 Å². The highest BCUT2D eigenvalue weighted by molar-refractivity contribution is 5.90. The van der Waals surface area contributed by atoms with Crippen molar-refractivity contribution in [2.45, 2.75) is 19.6 Å². The summed E-state index contributed by atoms with van der Waals surface area (Å²) in [5.41, 5.74) is 0.841. The van der Waals surface area contributed by atoms with Crippen LogP contribution in [0.25, 0.3) is 10.8 Å². The maximum atomic E-state index is 12.2. The van der Waals surface area contributed by atoms with Gasteiger partial charge in [0.2, 0.25) is 0 Å². The summed E-state index contributed by atoms with van der Waals surface area (Å²) in [4.78, 5) is 0. The molecule has 1 heterocycles. The van der Waals surface area contributed by atoms with Gasteiger partial charge in [-0.3, -0.25) is 0 Å². The fourth-order valence-corrected chi connectivity index (χ4v) is 1.73. The van der Waals surface area contributed by atoms with Crippen molar-refractivity contribution in [1.29, 1.82) is 0 Å². The lowest BCUT2D eigenvalue weighted by atomic mass is 10.1. The molecule has 16 heavy (non-hydrogen) atoms. The Morgan fingerprint density at radius 1 is 1.25 bits per heavy atom. The van der Waals surface area contributed by atoms with E-state index in [9.17, 15) is 18.3 Å². The van der Waals surface area contributed by atoms with Crippen LogP contribution in [0.2, 0.25) is 0 Å². The van der Waals surface area contributed by atoms with E-state index in [4.69, 9.17) is 0 Å². The van der Waals surface area contributed by atoms with Crippen molar-refractivity contribution >= 4 is 10.8 Å². The first-order chi connectivity index (χ1) is 7.38. The summed E-state index contributed by atoms with van der Waals surface area (Å²) in [5.74, 6) is -0.337. The second kappa shape index (κ2) is 3.43. The summed E-state index contributed by atoms with van der Waals surface area (Å²) in [5, 5.41) is 10.7. The van der Waals surface area contributed by atoms with Gasteiger partial charge in [0.05, 0.1) is 0 Å². The van der Waals surface area contributed by atoms with E-state index in [1.807, 2.05) is 0 Å². The van der Waals surface area contributed by atoms with Gasteiger partial charge in [-0.15, -0.1) is 0 Å². The van der Waals surface area contributed by atoms with Gasteiger partial charge in [-0.05, 0) is 18.6 Å².